The van der Waals surface area contributed by atoms with Crippen molar-refractivity contribution in [3.63, 3.8) is 0 Å². The Bertz CT molecular complexity index is 662. The summed E-state index contributed by atoms with van der Waals surface area (Å²) < 4.78 is 76.4. The van der Waals surface area contributed by atoms with Crippen LogP contribution in [0.25, 0.3) is 11.3 Å². The quantitative estimate of drug-likeness (QED) is 0.448. The number of benzene rings is 1. The van der Waals surface area contributed by atoms with Crippen LogP contribution in [0.1, 0.15) is 11.1 Å². The van der Waals surface area contributed by atoms with Crippen molar-refractivity contribution in [1.29, 1.82) is 0 Å². The van der Waals surface area contributed by atoms with Crippen LogP contribution >= 0.6 is 22.6 Å². The number of aromatic nitrogens is 1. The molecule has 1 heterocycles. The number of alkyl halides is 6. The molecule has 0 atom stereocenters. The van der Waals surface area contributed by atoms with Gasteiger partial charge in [0, 0.05) is 15.3 Å². The highest BCUT2D eigenvalue weighted by molar-refractivity contribution is 14.1. The first-order valence-electron chi connectivity index (χ1n) is 5.50. The van der Waals surface area contributed by atoms with Gasteiger partial charge in [-0.15, -0.1) is 0 Å². The molecule has 1 aromatic heterocycles. The van der Waals surface area contributed by atoms with Gasteiger partial charge in [-0.05, 0) is 34.7 Å². The highest BCUT2D eigenvalue weighted by Crippen LogP contribution is 2.38. The number of hydrogen-bond acceptors (Lipinski definition) is 1. The molecule has 2 aromatic rings. The van der Waals surface area contributed by atoms with Crippen molar-refractivity contribution in [3.05, 3.63) is 51.2 Å². The van der Waals surface area contributed by atoms with Crippen molar-refractivity contribution in [3.8, 4) is 11.3 Å². The molecular weight excluding hydrogens is 411 g/mol. The third-order valence-corrected chi connectivity index (χ3v) is 3.56. The molecule has 0 aliphatic carbocycles. The maximum absolute atomic E-state index is 12.9. The van der Waals surface area contributed by atoms with E-state index in [0.717, 1.165) is 12.1 Å². The van der Waals surface area contributed by atoms with Crippen molar-refractivity contribution < 1.29 is 26.3 Å². The lowest BCUT2D eigenvalue weighted by Gasteiger charge is -2.14. The molecule has 112 valence electrons. The Morgan fingerprint density at radius 1 is 0.857 bits per heavy atom. The van der Waals surface area contributed by atoms with Crippen molar-refractivity contribution in [1.82, 2.24) is 4.98 Å². The smallest absolute Gasteiger partial charge is 0.256 e. The van der Waals surface area contributed by atoms with Gasteiger partial charge in [-0.1, -0.05) is 18.2 Å². The van der Waals surface area contributed by atoms with Gasteiger partial charge in [0.25, 0.3) is 0 Å². The Balaban J connectivity index is 2.57. The van der Waals surface area contributed by atoms with Crippen molar-refractivity contribution in [2.24, 2.45) is 0 Å². The first-order chi connectivity index (χ1) is 9.60. The van der Waals surface area contributed by atoms with Crippen molar-refractivity contribution in [2.75, 3.05) is 0 Å². The highest BCUT2D eigenvalue weighted by Gasteiger charge is 2.35. The maximum Gasteiger partial charge on any atom is 0.418 e. The summed E-state index contributed by atoms with van der Waals surface area (Å²) in [7, 11) is 0. The molecule has 1 aromatic carbocycles. The van der Waals surface area contributed by atoms with Gasteiger partial charge in [0.2, 0.25) is 0 Å². The van der Waals surface area contributed by atoms with E-state index in [4.69, 9.17) is 0 Å². The van der Waals surface area contributed by atoms with Gasteiger partial charge in [0.15, 0.2) is 0 Å². The van der Waals surface area contributed by atoms with Crippen LogP contribution in [-0.4, -0.2) is 4.98 Å². The zero-order chi connectivity index (χ0) is 15.8. The normalized spacial score (nSPS) is 12.5. The maximum atomic E-state index is 12.9. The minimum atomic E-state index is -4.60. The van der Waals surface area contributed by atoms with Gasteiger partial charge in [0.05, 0.1) is 16.8 Å². The first kappa shape index (κ1) is 16.1. The Morgan fingerprint density at radius 3 is 1.95 bits per heavy atom. The number of halogens is 7. The van der Waals surface area contributed by atoms with Crippen molar-refractivity contribution >= 4 is 22.6 Å². The molecular formula is C13H6F6IN. The third kappa shape index (κ3) is 3.47. The van der Waals surface area contributed by atoms with E-state index < -0.39 is 23.5 Å². The lowest BCUT2D eigenvalue weighted by atomic mass is 10.0. The lowest BCUT2D eigenvalue weighted by molar-refractivity contribution is -0.139. The van der Waals surface area contributed by atoms with Crippen LogP contribution in [0.15, 0.2) is 36.5 Å². The minimum absolute atomic E-state index is 0.152. The van der Waals surface area contributed by atoms with Gasteiger partial charge < -0.3 is 0 Å². The van der Waals surface area contributed by atoms with Crippen molar-refractivity contribution in [2.45, 2.75) is 12.4 Å². The van der Waals surface area contributed by atoms with Crippen LogP contribution in [0.4, 0.5) is 26.3 Å². The summed E-state index contributed by atoms with van der Waals surface area (Å²) in [5.74, 6) is 0. The fraction of sp³-hybridized carbons (Fsp3) is 0.154. The minimum Gasteiger partial charge on any atom is -0.256 e. The summed E-state index contributed by atoms with van der Waals surface area (Å²) in [4.78, 5) is 3.53. The third-order valence-electron chi connectivity index (χ3n) is 2.67. The molecule has 0 amide bonds. The number of rotatable bonds is 1. The second kappa shape index (κ2) is 5.47. The van der Waals surface area contributed by atoms with Crippen LogP contribution in [0.2, 0.25) is 0 Å². The molecule has 0 aliphatic rings. The van der Waals surface area contributed by atoms with E-state index in [1.54, 1.807) is 0 Å². The zero-order valence-electron chi connectivity index (χ0n) is 10.1. The summed E-state index contributed by atoms with van der Waals surface area (Å²) in [6.45, 7) is 0. The Morgan fingerprint density at radius 2 is 1.43 bits per heavy atom. The first-order valence-corrected chi connectivity index (χ1v) is 6.58. The van der Waals surface area contributed by atoms with Gasteiger partial charge >= 0.3 is 12.4 Å². The van der Waals surface area contributed by atoms with Gasteiger partial charge in [-0.25, -0.2) is 0 Å². The average Bonchev–Trinajstić information content (AvgIpc) is 2.36. The molecule has 8 heteroatoms. The van der Waals surface area contributed by atoms with Crippen LogP contribution < -0.4 is 0 Å². The Kier molecular flexibility index (Phi) is 4.18. The second-order valence-electron chi connectivity index (χ2n) is 4.09. The van der Waals surface area contributed by atoms with E-state index >= 15 is 0 Å². The molecule has 0 saturated carbocycles. The van der Waals surface area contributed by atoms with Crippen LogP contribution in [0, 0.1) is 3.57 Å². The van der Waals surface area contributed by atoms with Gasteiger partial charge in [-0.3, -0.25) is 4.98 Å². The molecule has 0 bridgehead atoms. The van der Waals surface area contributed by atoms with Crippen LogP contribution in [-0.2, 0) is 12.4 Å². The summed E-state index contributed by atoms with van der Waals surface area (Å²) in [5.41, 5.74) is -2.32. The second-order valence-corrected chi connectivity index (χ2v) is 5.25. The van der Waals surface area contributed by atoms with Gasteiger partial charge in [0.1, 0.15) is 0 Å². The zero-order valence-corrected chi connectivity index (χ0v) is 12.2. The van der Waals surface area contributed by atoms with E-state index in [0.29, 0.717) is 6.20 Å². The fourth-order valence-corrected chi connectivity index (χ4v) is 2.48. The van der Waals surface area contributed by atoms with E-state index in [-0.39, 0.29) is 14.8 Å². The Labute approximate surface area is 129 Å². The molecule has 0 unspecified atom stereocenters. The number of nitrogens with zero attached hydrogens (tertiary/aromatic N) is 1. The summed E-state index contributed by atoms with van der Waals surface area (Å²) in [5, 5.41) is 0. The largest absolute Gasteiger partial charge is 0.418 e. The molecule has 2 rings (SSSR count). The molecule has 0 spiro atoms. The van der Waals surface area contributed by atoms with E-state index in [1.807, 2.05) is 0 Å². The molecule has 0 aliphatic heterocycles. The topological polar surface area (TPSA) is 12.9 Å². The molecule has 0 fully saturated rings. The molecule has 0 N–H and O–H groups in total. The fourth-order valence-electron chi connectivity index (χ4n) is 1.74. The highest BCUT2D eigenvalue weighted by atomic mass is 127. The standard InChI is InChI=1S/C13H6F6IN/c14-12(15,16)8-4-2-1-3-7(8)11-5-10(20)9(6-21-11)13(17,18)19/h1-6H. The summed E-state index contributed by atoms with van der Waals surface area (Å²) in [6.07, 6.45) is -8.65. The average molecular weight is 417 g/mol. The predicted octanol–water partition coefficient (Wildman–Crippen LogP) is 5.39. The number of pyridine rings is 1. The predicted molar refractivity (Wildman–Crippen MR) is 72.4 cm³/mol. The molecule has 21 heavy (non-hydrogen) atoms. The van der Waals surface area contributed by atoms with E-state index in [1.165, 1.54) is 40.8 Å². The Hall–Kier alpha value is -1.32. The number of hydrogen-bond donors (Lipinski definition) is 0. The summed E-state index contributed by atoms with van der Waals surface area (Å²) >= 11 is 1.43. The summed E-state index contributed by atoms with van der Waals surface area (Å²) in [6, 6.07) is 5.61. The molecule has 0 radical (unpaired) electrons. The van der Waals surface area contributed by atoms with E-state index in [9.17, 15) is 26.3 Å². The monoisotopic (exact) mass is 417 g/mol. The van der Waals surface area contributed by atoms with Crippen LogP contribution in [0.5, 0.6) is 0 Å². The van der Waals surface area contributed by atoms with E-state index in [2.05, 4.69) is 4.98 Å². The molecule has 0 saturated heterocycles. The van der Waals surface area contributed by atoms with Gasteiger partial charge in [-0.2, -0.15) is 26.3 Å². The van der Waals surface area contributed by atoms with Crippen LogP contribution in [0.3, 0.4) is 0 Å². The molecule has 1 nitrogen and oxygen atoms in total. The SMILES string of the molecule is FC(F)(F)c1cnc(-c2ccccc2C(F)(F)F)cc1I. The lowest BCUT2D eigenvalue weighted by Crippen LogP contribution is -2.10.